The lowest BCUT2D eigenvalue weighted by Crippen LogP contribution is -2.10. The van der Waals surface area contributed by atoms with Crippen LogP contribution < -0.4 is 0 Å². The highest BCUT2D eigenvalue weighted by atomic mass is 16.1. The molecule has 1 heteroatoms. The maximum atomic E-state index is 10.5. The van der Waals surface area contributed by atoms with E-state index in [1.54, 1.807) is 0 Å². The molecule has 0 aromatic heterocycles. The van der Waals surface area contributed by atoms with Crippen molar-refractivity contribution in [2.45, 2.75) is 33.1 Å². The van der Waals surface area contributed by atoms with Gasteiger partial charge in [0, 0.05) is 0 Å². The fourth-order valence-corrected chi connectivity index (χ4v) is 1.39. The predicted octanol–water partition coefficient (Wildman–Crippen LogP) is 3.59. The van der Waals surface area contributed by atoms with Crippen LogP contribution >= 0.6 is 0 Å². The third-order valence-electron chi connectivity index (χ3n) is 2.33. The molecule has 15 heavy (non-hydrogen) atoms. The molecule has 0 saturated carbocycles. The van der Waals surface area contributed by atoms with Gasteiger partial charge in [-0.25, -0.2) is 0 Å². The van der Waals surface area contributed by atoms with Gasteiger partial charge in [-0.3, -0.25) is 4.79 Å². The molecule has 0 radical (unpaired) electrons. The summed E-state index contributed by atoms with van der Waals surface area (Å²) in [6, 6.07) is 8.30. The monoisotopic (exact) mass is 202 g/mol. The Bertz CT molecular complexity index is 381. The fourth-order valence-electron chi connectivity index (χ4n) is 1.39. The van der Waals surface area contributed by atoms with Crippen LogP contribution in [0.4, 0.5) is 0 Å². The topological polar surface area (TPSA) is 17.1 Å². The van der Waals surface area contributed by atoms with Crippen LogP contribution in [-0.2, 0) is 10.2 Å². The SMILES string of the molecule is CC(C=O)=Cc1cccc(C(C)(C)C)c1. The smallest absolute Gasteiger partial charge is 0.145 e. The number of hydrogen-bond donors (Lipinski definition) is 0. The van der Waals surface area contributed by atoms with Crippen LogP contribution in [0.3, 0.4) is 0 Å². The van der Waals surface area contributed by atoms with Gasteiger partial charge in [-0.1, -0.05) is 45.0 Å². The van der Waals surface area contributed by atoms with Crippen molar-refractivity contribution < 1.29 is 4.79 Å². The van der Waals surface area contributed by atoms with Crippen LogP contribution in [0.25, 0.3) is 6.08 Å². The van der Waals surface area contributed by atoms with E-state index in [0.29, 0.717) is 0 Å². The minimum absolute atomic E-state index is 0.152. The first kappa shape index (κ1) is 11.7. The van der Waals surface area contributed by atoms with E-state index in [-0.39, 0.29) is 5.41 Å². The van der Waals surface area contributed by atoms with Gasteiger partial charge in [-0.15, -0.1) is 0 Å². The zero-order chi connectivity index (χ0) is 11.5. The molecular weight excluding hydrogens is 184 g/mol. The highest BCUT2D eigenvalue weighted by Gasteiger charge is 2.12. The van der Waals surface area contributed by atoms with Gasteiger partial charge in [-0.2, -0.15) is 0 Å². The van der Waals surface area contributed by atoms with Crippen molar-refractivity contribution >= 4 is 12.4 Å². The molecule has 0 aliphatic rings. The second-order valence-electron chi connectivity index (χ2n) is 4.88. The van der Waals surface area contributed by atoms with Gasteiger partial charge in [0.05, 0.1) is 0 Å². The molecule has 0 N–H and O–H groups in total. The number of allylic oxidation sites excluding steroid dienone is 1. The van der Waals surface area contributed by atoms with Gasteiger partial charge in [0.2, 0.25) is 0 Å². The van der Waals surface area contributed by atoms with Gasteiger partial charge < -0.3 is 0 Å². The number of carbonyl (C=O) groups is 1. The van der Waals surface area contributed by atoms with Gasteiger partial charge in [0.25, 0.3) is 0 Å². The van der Waals surface area contributed by atoms with Crippen LogP contribution in [0.1, 0.15) is 38.8 Å². The molecule has 0 heterocycles. The minimum atomic E-state index is 0.152. The molecule has 1 aromatic rings. The minimum Gasteiger partial charge on any atom is -0.298 e. The zero-order valence-electron chi connectivity index (χ0n) is 9.87. The number of carbonyl (C=O) groups excluding carboxylic acids is 1. The summed E-state index contributed by atoms with van der Waals surface area (Å²) in [4.78, 5) is 10.5. The predicted molar refractivity (Wildman–Crippen MR) is 64.9 cm³/mol. The first-order valence-electron chi connectivity index (χ1n) is 5.17. The van der Waals surface area contributed by atoms with Crippen LogP contribution in [-0.4, -0.2) is 6.29 Å². The van der Waals surface area contributed by atoms with Crippen molar-refractivity contribution in [2.75, 3.05) is 0 Å². The molecular formula is C14H18O. The van der Waals surface area contributed by atoms with Crippen LogP contribution in [0, 0.1) is 0 Å². The molecule has 1 rings (SSSR count). The standard InChI is InChI=1S/C14H18O/c1-11(10-15)8-12-6-5-7-13(9-12)14(2,3)4/h5-10H,1-4H3. The van der Waals surface area contributed by atoms with E-state index in [1.165, 1.54) is 5.56 Å². The van der Waals surface area contributed by atoms with Crippen molar-refractivity contribution in [3.05, 3.63) is 41.0 Å². The zero-order valence-corrected chi connectivity index (χ0v) is 9.87. The van der Waals surface area contributed by atoms with Crippen molar-refractivity contribution in [3.63, 3.8) is 0 Å². The summed E-state index contributed by atoms with van der Waals surface area (Å²) in [6.07, 6.45) is 2.78. The molecule has 1 nitrogen and oxygen atoms in total. The van der Waals surface area contributed by atoms with Crippen molar-refractivity contribution in [2.24, 2.45) is 0 Å². The molecule has 0 fully saturated rings. The summed E-state index contributed by atoms with van der Waals surface area (Å²) in [5.41, 5.74) is 3.28. The van der Waals surface area contributed by atoms with Crippen LogP contribution in [0.2, 0.25) is 0 Å². The Kier molecular flexibility index (Phi) is 3.46. The molecule has 0 saturated heterocycles. The van der Waals surface area contributed by atoms with Gasteiger partial charge >= 0.3 is 0 Å². The second kappa shape index (κ2) is 4.43. The number of rotatable bonds is 2. The Morgan fingerprint density at radius 1 is 1.27 bits per heavy atom. The summed E-state index contributed by atoms with van der Waals surface area (Å²) in [5.74, 6) is 0. The van der Waals surface area contributed by atoms with Crippen molar-refractivity contribution in [1.82, 2.24) is 0 Å². The van der Waals surface area contributed by atoms with E-state index < -0.39 is 0 Å². The van der Waals surface area contributed by atoms with E-state index in [4.69, 9.17) is 0 Å². The Morgan fingerprint density at radius 3 is 2.47 bits per heavy atom. The first-order valence-corrected chi connectivity index (χ1v) is 5.17. The molecule has 0 aliphatic carbocycles. The Morgan fingerprint density at radius 2 is 1.93 bits per heavy atom. The van der Waals surface area contributed by atoms with E-state index in [9.17, 15) is 4.79 Å². The summed E-state index contributed by atoms with van der Waals surface area (Å²) < 4.78 is 0. The third kappa shape index (κ3) is 3.35. The molecule has 0 spiro atoms. The molecule has 0 atom stereocenters. The first-order chi connectivity index (χ1) is 6.93. The molecule has 0 bridgehead atoms. The average Bonchev–Trinajstić information content (AvgIpc) is 2.17. The normalized spacial score (nSPS) is 12.7. The Balaban J connectivity index is 3.09. The Hall–Kier alpha value is -1.37. The largest absolute Gasteiger partial charge is 0.298 e. The Labute approximate surface area is 91.8 Å². The van der Waals surface area contributed by atoms with Crippen molar-refractivity contribution in [1.29, 1.82) is 0 Å². The highest BCUT2D eigenvalue weighted by Crippen LogP contribution is 2.23. The quantitative estimate of drug-likeness (QED) is 0.529. The maximum absolute atomic E-state index is 10.5. The van der Waals surface area contributed by atoms with E-state index in [2.05, 4.69) is 32.9 Å². The summed E-state index contributed by atoms with van der Waals surface area (Å²) in [6.45, 7) is 8.37. The fraction of sp³-hybridized carbons (Fsp3) is 0.357. The average molecular weight is 202 g/mol. The van der Waals surface area contributed by atoms with E-state index in [1.807, 2.05) is 25.1 Å². The van der Waals surface area contributed by atoms with Crippen LogP contribution in [0.5, 0.6) is 0 Å². The molecule has 0 amide bonds. The third-order valence-corrected chi connectivity index (χ3v) is 2.33. The lowest BCUT2D eigenvalue weighted by molar-refractivity contribution is -0.104. The van der Waals surface area contributed by atoms with Gasteiger partial charge in [0.15, 0.2) is 0 Å². The number of aldehydes is 1. The molecule has 0 aliphatic heterocycles. The summed E-state index contributed by atoms with van der Waals surface area (Å²) >= 11 is 0. The molecule has 80 valence electrons. The van der Waals surface area contributed by atoms with Gasteiger partial charge in [-0.05, 0) is 35.1 Å². The van der Waals surface area contributed by atoms with Crippen molar-refractivity contribution in [3.8, 4) is 0 Å². The second-order valence-corrected chi connectivity index (χ2v) is 4.88. The van der Waals surface area contributed by atoms with E-state index >= 15 is 0 Å². The van der Waals surface area contributed by atoms with Crippen LogP contribution in [0.15, 0.2) is 29.8 Å². The maximum Gasteiger partial charge on any atom is 0.145 e. The lowest BCUT2D eigenvalue weighted by atomic mass is 9.86. The number of hydrogen-bond acceptors (Lipinski definition) is 1. The van der Waals surface area contributed by atoms with E-state index in [0.717, 1.165) is 17.4 Å². The highest BCUT2D eigenvalue weighted by molar-refractivity contribution is 5.80. The molecule has 1 aromatic carbocycles. The number of benzene rings is 1. The van der Waals surface area contributed by atoms with Gasteiger partial charge in [0.1, 0.15) is 6.29 Å². The molecule has 0 unspecified atom stereocenters. The summed E-state index contributed by atoms with van der Waals surface area (Å²) in [7, 11) is 0. The summed E-state index contributed by atoms with van der Waals surface area (Å²) in [5, 5.41) is 0. The lowest BCUT2D eigenvalue weighted by Gasteiger charge is -2.19.